The van der Waals surface area contributed by atoms with E-state index in [9.17, 15) is 4.79 Å². The fraction of sp³-hybridized carbons (Fsp3) is 0.583. The minimum absolute atomic E-state index is 0.404. The Balaban J connectivity index is 2.74. The van der Waals surface area contributed by atoms with Gasteiger partial charge in [0.25, 0.3) is 0 Å². The maximum absolute atomic E-state index is 10.9. The van der Waals surface area contributed by atoms with Crippen molar-refractivity contribution in [2.24, 2.45) is 0 Å². The molecular formula is C12H18O3. The Hall–Kier alpha value is -1.09. The lowest BCUT2D eigenvalue weighted by Gasteiger charge is -2.31. The van der Waals surface area contributed by atoms with Gasteiger partial charge in [0.2, 0.25) is 0 Å². The highest BCUT2D eigenvalue weighted by molar-refractivity contribution is 5.87. The molecular weight excluding hydrogens is 192 g/mol. The van der Waals surface area contributed by atoms with E-state index in [-0.39, 0.29) is 0 Å². The van der Waals surface area contributed by atoms with E-state index in [0.29, 0.717) is 12.0 Å². The fourth-order valence-electron chi connectivity index (χ4n) is 1.82. The highest BCUT2D eigenvalue weighted by atomic mass is 16.5. The molecule has 3 heteroatoms. The number of rotatable bonds is 5. The molecule has 0 amide bonds. The highest BCUT2D eigenvalue weighted by Crippen LogP contribution is 2.31. The molecule has 1 aliphatic rings. The molecule has 0 saturated carbocycles. The summed E-state index contributed by atoms with van der Waals surface area (Å²) in [6, 6.07) is 0. The number of hydrogen-bond acceptors (Lipinski definition) is 2. The monoisotopic (exact) mass is 210 g/mol. The van der Waals surface area contributed by atoms with E-state index in [1.165, 1.54) is 0 Å². The number of carboxylic acids is 1. The van der Waals surface area contributed by atoms with Crippen molar-refractivity contribution in [3.05, 3.63) is 23.8 Å². The lowest BCUT2D eigenvalue weighted by Crippen LogP contribution is -2.32. The second-order valence-corrected chi connectivity index (χ2v) is 3.91. The van der Waals surface area contributed by atoms with E-state index in [1.807, 2.05) is 6.08 Å². The van der Waals surface area contributed by atoms with Gasteiger partial charge in [-0.3, -0.25) is 0 Å². The summed E-state index contributed by atoms with van der Waals surface area (Å²) in [5.41, 5.74) is 0.0221. The van der Waals surface area contributed by atoms with Crippen LogP contribution in [0, 0.1) is 0 Å². The van der Waals surface area contributed by atoms with Gasteiger partial charge < -0.3 is 9.84 Å². The zero-order valence-corrected chi connectivity index (χ0v) is 9.32. The summed E-state index contributed by atoms with van der Waals surface area (Å²) in [6.07, 6.45) is 8.87. The van der Waals surface area contributed by atoms with Crippen LogP contribution in [0.2, 0.25) is 0 Å². The van der Waals surface area contributed by atoms with Crippen molar-refractivity contribution < 1.29 is 14.6 Å². The Kier molecular flexibility index (Phi) is 4.09. The molecule has 0 aliphatic heterocycles. The molecule has 0 fully saturated rings. The molecule has 0 spiro atoms. The van der Waals surface area contributed by atoms with Crippen molar-refractivity contribution in [3.8, 4) is 0 Å². The zero-order valence-electron chi connectivity index (χ0n) is 9.32. The quantitative estimate of drug-likeness (QED) is 0.758. The molecule has 0 bridgehead atoms. The van der Waals surface area contributed by atoms with Crippen LogP contribution in [0.3, 0.4) is 0 Å². The number of allylic oxidation sites excluding steroid dienone is 2. The summed E-state index contributed by atoms with van der Waals surface area (Å²) in [5.74, 6) is -0.850. The number of hydrogen-bond donors (Lipinski definition) is 1. The molecule has 0 aromatic carbocycles. The predicted molar refractivity (Wildman–Crippen MR) is 58.7 cm³/mol. The maximum atomic E-state index is 10.9. The van der Waals surface area contributed by atoms with Gasteiger partial charge in [-0.2, -0.15) is 0 Å². The molecule has 1 atom stereocenters. The molecule has 1 rings (SSSR count). The second kappa shape index (κ2) is 5.12. The number of methoxy groups -OCH3 is 1. The first-order chi connectivity index (χ1) is 7.13. The first kappa shape index (κ1) is 12.0. The molecule has 15 heavy (non-hydrogen) atoms. The molecule has 0 aromatic rings. The molecule has 0 heterocycles. The lowest BCUT2D eigenvalue weighted by molar-refractivity contribution is -0.133. The summed E-state index contributed by atoms with van der Waals surface area (Å²) < 4.78 is 5.47. The van der Waals surface area contributed by atoms with E-state index in [2.05, 4.69) is 6.92 Å². The Morgan fingerprint density at radius 3 is 2.93 bits per heavy atom. The van der Waals surface area contributed by atoms with E-state index >= 15 is 0 Å². The average Bonchev–Trinajstić information content (AvgIpc) is 2.26. The van der Waals surface area contributed by atoms with Crippen molar-refractivity contribution in [1.29, 1.82) is 0 Å². The summed E-state index contributed by atoms with van der Waals surface area (Å²) >= 11 is 0. The molecule has 1 N–H and O–H groups in total. The van der Waals surface area contributed by atoms with Crippen molar-refractivity contribution in [2.75, 3.05) is 7.11 Å². The summed E-state index contributed by atoms with van der Waals surface area (Å²) in [4.78, 5) is 10.9. The zero-order chi connectivity index (χ0) is 11.3. The number of ether oxygens (including phenoxy) is 1. The largest absolute Gasteiger partial charge is 0.478 e. The fourth-order valence-corrected chi connectivity index (χ4v) is 1.82. The molecule has 84 valence electrons. The van der Waals surface area contributed by atoms with Gasteiger partial charge in [0.05, 0.1) is 5.60 Å². The predicted octanol–water partition coefficient (Wildman–Crippen LogP) is 2.53. The maximum Gasteiger partial charge on any atom is 0.331 e. The Bertz CT molecular complexity index is 291. The molecule has 0 aromatic heterocycles. The van der Waals surface area contributed by atoms with Crippen LogP contribution in [0.4, 0.5) is 0 Å². The van der Waals surface area contributed by atoms with E-state index in [1.54, 1.807) is 19.3 Å². The molecule has 1 unspecified atom stereocenters. The minimum Gasteiger partial charge on any atom is -0.478 e. The van der Waals surface area contributed by atoms with Crippen molar-refractivity contribution >= 4 is 5.97 Å². The number of aliphatic carboxylic acids is 1. The van der Waals surface area contributed by atoms with Crippen LogP contribution in [0.1, 0.15) is 32.6 Å². The molecule has 1 aliphatic carbocycles. The van der Waals surface area contributed by atoms with E-state index < -0.39 is 11.6 Å². The summed E-state index contributed by atoms with van der Waals surface area (Å²) in [5, 5.41) is 8.93. The van der Waals surface area contributed by atoms with Gasteiger partial charge in [0.15, 0.2) is 0 Å². The van der Waals surface area contributed by atoms with E-state index in [0.717, 1.165) is 19.3 Å². The third-order valence-electron chi connectivity index (χ3n) is 2.82. The Labute approximate surface area is 90.4 Å². The third kappa shape index (κ3) is 2.93. The smallest absolute Gasteiger partial charge is 0.331 e. The van der Waals surface area contributed by atoms with Crippen molar-refractivity contribution in [1.82, 2.24) is 0 Å². The van der Waals surface area contributed by atoms with Crippen LogP contribution in [0.15, 0.2) is 23.8 Å². The van der Waals surface area contributed by atoms with Gasteiger partial charge >= 0.3 is 5.97 Å². The van der Waals surface area contributed by atoms with Gasteiger partial charge in [-0.15, -0.1) is 0 Å². The molecule has 3 nitrogen and oxygen atoms in total. The van der Waals surface area contributed by atoms with Gasteiger partial charge in [0, 0.05) is 19.1 Å². The van der Waals surface area contributed by atoms with Crippen LogP contribution < -0.4 is 0 Å². The topological polar surface area (TPSA) is 46.5 Å². The van der Waals surface area contributed by atoms with Crippen LogP contribution in [0.25, 0.3) is 0 Å². The molecule has 0 saturated heterocycles. The van der Waals surface area contributed by atoms with Gasteiger partial charge in [-0.25, -0.2) is 4.79 Å². The lowest BCUT2D eigenvalue weighted by atomic mass is 9.85. The number of carboxylic acid groups (broad SMARTS) is 1. The second-order valence-electron chi connectivity index (χ2n) is 3.91. The van der Waals surface area contributed by atoms with Gasteiger partial charge in [0.1, 0.15) is 0 Å². The highest BCUT2D eigenvalue weighted by Gasteiger charge is 2.31. The normalized spacial score (nSPS) is 25.1. The Morgan fingerprint density at radius 1 is 1.67 bits per heavy atom. The van der Waals surface area contributed by atoms with Crippen LogP contribution in [-0.4, -0.2) is 23.8 Å². The summed E-state index contributed by atoms with van der Waals surface area (Å²) in [7, 11) is 1.64. The van der Waals surface area contributed by atoms with Crippen molar-refractivity contribution in [2.45, 2.75) is 38.2 Å². The number of unbranched alkanes of at least 4 members (excludes halogenated alkanes) is 1. The SMILES string of the molecule is CCCCC1(OC)C=CC=C(C(=O)O)C1. The molecule has 0 radical (unpaired) electrons. The summed E-state index contributed by atoms with van der Waals surface area (Å²) in [6.45, 7) is 2.11. The van der Waals surface area contributed by atoms with Crippen LogP contribution in [-0.2, 0) is 9.53 Å². The van der Waals surface area contributed by atoms with Crippen LogP contribution in [0.5, 0.6) is 0 Å². The Morgan fingerprint density at radius 2 is 2.40 bits per heavy atom. The minimum atomic E-state index is -0.850. The number of carbonyl (C=O) groups is 1. The first-order valence-corrected chi connectivity index (χ1v) is 5.30. The van der Waals surface area contributed by atoms with E-state index in [4.69, 9.17) is 9.84 Å². The van der Waals surface area contributed by atoms with Gasteiger partial charge in [-0.05, 0) is 6.42 Å². The average molecular weight is 210 g/mol. The standard InChI is InChI=1S/C12H18O3/c1-3-4-7-12(15-2)8-5-6-10(9-12)11(13)14/h5-6,8H,3-4,7,9H2,1-2H3,(H,13,14). The van der Waals surface area contributed by atoms with Crippen LogP contribution >= 0.6 is 0 Å². The third-order valence-corrected chi connectivity index (χ3v) is 2.82. The van der Waals surface area contributed by atoms with Crippen molar-refractivity contribution in [3.63, 3.8) is 0 Å². The first-order valence-electron chi connectivity index (χ1n) is 5.30. The van der Waals surface area contributed by atoms with Gasteiger partial charge in [-0.1, -0.05) is 38.0 Å².